The standard InChI is InChI=1S/C40H38ClFN4O7S/c1-19-24-16-20(41)11-14-29(24)54-35(19)28-18-30(44(3)43-28)46-37(51)26-17-25-21(33(40(26,2)39(46)53)23-8-7-9-27(42)34(23)49)12-13-22-32(25)38(52)45(36(22)50)15-6-4-5-10-31(47)48/h7-9,11-12,14,16,18,22,25-26,32-33,49H,4-6,10,13,15,17H2,1-3H3,(H,47,48). The zero-order valence-corrected chi connectivity index (χ0v) is 31.4. The number of para-hydroxylation sites is 1. The molecule has 2 aromatic heterocycles. The fraction of sp³-hybridized carbons (Fsp3) is 0.400. The van der Waals surface area contributed by atoms with Crippen LogP contribution in [0.5, 0.6) is 5.75 Å². The molecule has 2 saturated heterocycles. The molecule has 4 amide bonds. The number of phenols is 1. The summed E-state index contributed by atoms with van der Waals surface area (Å²) in [5.41, 5.74) is 0.812. The summed E-state index contributed by atoms with van der Waals surface area (Å²) in [4.78, 5) is 71.7. The quantitative estimate of drug-likeness (QED) is 0.105. The highest BCUT2D eigenvalue weighted by Crippen LogP contribution is 2.64. The molecule has 0 radical (unpaired) electrons. The Labute approximate surface area is 319 Å². The highest BCUT2D eigenvalue weighted by Gasteiger charge is 2.68. The van der Waals surface area contributed by atoms with Crippen LogP contribution in [0.1, 0.15) is 62.5 Å². The van der Waals surface area contributed by atoms with Gasteiger partial charge in [-0.1, -0.05) is 41.8 Å². The maximum absolute atomic E-state index is 15.1. The number of nitrogens with zero attached hydrogens (tertiary/aromatic N) is 4. The van der Waals surface area contributed by atoms with Crippen LogP contribution in [0.25, 0.3) is 20.7 Å². The number of aryl methyl sites for hydroxylation is 2. The minimum Gasteiger partial charge on any atom is -0.505 e. The number of fused-ring (bicyclic) bond motifs is 5. The Morgan fingerprint density at radius 3 is 2.59 bits per heavy atom. The number of carboxylic acids is 1. The Balaban J connectivity index is 1.18. The zero-order valence-electron chi connectivity index (χ0n) is 29.8. The number of rotatable bonds is 9. The van der Waals surface area contributed by atoms with Gasteiger partial charge in [0.25, 0.3) is 0 Å². The van der Waals surface area contributed by atoms with Gasteiger partial charge in [0.2, 0.25) is 23.6 Å². The molecule has 2 aliphatic heterocycles. The highest BCUT2D eigenvalue weighted by molar-refractivity contribution is 7.22. The van der Waals surface area contributed by atoms with Crippen molar-refractivity contribution in [2.45, 2.75) is 58.3 Å². The number of imide groups is 2. The second-order valence-corrected chi connectivity index (χ2v) is 16.6. The van der Waals surface area contributed by atoms with Crippen LogP contribution in [0.2, 0.25) is 5.02 Å². The summed E-state index contributed by atoms with van der Waals surface area (Å²) in [5, 5.41) is 26.5. The van der Waals surface area contributed by atoms with E-state index in [0.717, 1.165) is 31.5 Å². The van der Waals surface area contributed by atoms with Crippen LogP contribution < -0.4 is 4.90 Å². The number of phenolic OH excluding ortho intramolecular Hbond substituents is 1. The number of carboxylic acid groups (broad SMARTS) is 1. The lowest BCUT2D eigenvalue weighted by Gasteiger charge is -2.49. The van der Waals surface area contributed by atoms with Gasteiger partial charge in [-0.2, -0.15) is 5.10 Å². The van der Waals surface area contributed by atoms with Crippen LogP contribution in [-0.2, 0) is 31.0 Å². The topological polar surface area (TPSA) is 150 Å². The minimum atomic E-state index is -1.48. The monoisotopic (exact) mass is 772 g/mol. The molecule has 6 atom stereocenters. The number of allylic oxidation sites excluding steroid dienone is 2. The van der Waals surface area contributed by atoms with E-state index in [2.05, 4.69) is 0 Å². The van der Waals surface area contributed by atoms with Gasteiger partial charge in [-0.25, -0.2) is 9.29 Å². The summed E-state index contributed by atoms with van der Waals surface area (Å²) >= 11 is 7.81. The fourth-order valence-electron chi connectivity index (χ4n) is 9.57. The lowest BCUT2D eigenvalue weighted by Crippen LogP contribution is -2.49. The third kappa shape index (κ3) is 5.33. The maximum Gasteiger partial charge on any atom is 0.303 e. The van der Waals surface area contributed by atoms with E-state index >= 15 is 4.39 Å². The number of unbranched alkanes of at least 4 members (excludes halogenated alkanes) is 2. The molecular formula is C40H38ClFN4O7S. The number of aliphatic carboxylic acids is 1. The maximum atomic E-state index is 15.1. The smallest absolute Gasteiger partial charge is 0.303 e. The van der Waals surface area contributed by atoms with Gasteiger partial charge < -0.3 is 10.2 Å². The first-order valence-electron chi connectivity index (χ1n) is 18.1. The number of anilines is 1. The number of carbonyl (C=O) groups excluding carboxylic acids is 4. The van der Waals surface area contributed by atoms with Crippen molar-refractivity contribution in [3.63, 3.8) is 0 Å². The molecule has 4 aromatic rings. The van der Waals surface area contributed by atoms with Crippen LogP contribution >= 0.6 is 22.9 Å². The molecule has 1 saturated carbocycles. The first-order chi connectivity index (χ1) is 25.7. The summed E-state index contributed by atoms with van der Waals surface area (Å²) in [6, 6.07) is 11.5. The molecule has 2 aromatic carbocycles. The van der Waals surface area contributed by atoms with Gasteiger partial charge in [0, 0.05) is 47.3 Å². The van der Waals surface area contributed by atoms with E-state index in [1.165, 1.54) is 27.0 Å². The van der Waals surface area contributed by atoms with Crippen LogP contribution in [0.4, 0.5) is 10.2 Å². The number of likely N-dealkylation sites (tertiary alicyclic amines) is 1. The van der Waals surface area contributed by atoms with E-state index in [1.54, 1.807) is 26.1 Å². The molecule has 8 rings (SSSR count). The van der Waals surface area contributed by atoms with E-state index in [0.29, 0.717) is 35.6 Å². The number of hydrogen-bond donors (Lipinski definition) is 2. The number of benzene rings is 2. The fourth-order valence-corrected chi connectivity index (χ4v) is 10.9. The van der Waals surface area contributed by atoms with Crippen molar-refractivity contribution in [3.05, 3.63) is 76.1 Å². The molecule has 280 valence electrons. The number of thiophene rings is 1. The number of halogens is 2. The molecule has 2 aliphatic carbocycles. The first kappa shape index (κ1) is 36.1. The van der Waals surface area contributed by atoms with Crippen molar-refractivity contribution in [1.82, 2.24) is 14.7 Å². The zero-order chi connectivity index (χ0) is 38.4. The minimum absolute atomic E-state index is 0.000912. The number of aromatic hydroxyl groups is 1. The van der Waals surface area contributed by atoms with Gasteiger partial charge in [0.15, 0.2) is 11.6 Å². The molecule has 0 spiro atoms. The third-order valence-electron chi connectivity index (χ3n) is 12.2. The van der Waals surface area contributed by atoms with E-state index in [9.17, 15) is 29.1 Å². The molecule has 4 heterocycles. The number of carbonyl (C=O) groups is 5. The molecular weight excluding hydrogens is 735 g/mol. The largest absolute Gasteiger partial charge is 0.505 e. The molecule has 3 fully saturated rings. The summed E-state index contributed by atoms with van der Waals surface area (Å²) < 4.78 is 17.6. The number of amides is 4. The lowest BCUT2D eigenvalue weighted by atomic mass is 9.51. The molecule has 54 heavy (non-hydrogen) atoms. The van der Waals surface area contributed by atoms with Gasteiger partial charge in [0.05, 0.1) is 28.0 Å². The molecule has 11 nitrogen and oxygen atoms in total. The van der Waals surface area contributed by atoms with Crippen molar-refractivity contribution < 1.29 is 38.6 Å². The molecule has 0 bridgehead atoms. The van der Waals surface area contributed by atoms with Gasteiger partial charge >= 0.3 is 5.97 Å². The summed E-state index contributed by atoms with van der Waals surface area (Å²) in [6.07, 6.45) is 3.58. The predicted molar refractivity (Wildman–Crippen MR) is 199 cm³/mol. The Kier molecular flexibility index (Phi) is 8.80. The Morgan fingerprint density at radius 1 is 1.06 bits per heavy atom. The van der Waals surface area contributed by atoms with E-state index < -0.39 is 64.4 Å². The van der Waals surface area contributed by atoms with E-state index in [1.807, 2.05) is 31.2 Å². The Morgan fingerprint density at radius 2 is 1.83 bits per heavy atom. The molecule has 6 unspecified atom stereocenters. The average molecular weight is 773 g/mol. The number of aromatic nitrogens is 2. The molecule has 14 heteroatoms. The normalized spacial score (nSPS) is 26.4. The second-order valence-electron chi connectivity index (χ2n) is 15.1. The summed E-state index contributed by atoms with van der Waals surface area (Å²) in [6.45, 7) is 3.80. The van der Waals surface area contributed by atoms with Gasteiger partial charge in [-0.05, 0) is 80.7 Å². The van der Waals surface area contributed by atoms with Crippen LogP contribution in [0.15, 0.2) is 54.1 Å². The Hall–Kier alpha value is -4.88. The second kappa shape index (κ2) is 13.2. The Bertz CT molecular complexity index is 2330. The van der Waals surface area contributed by atoms with Gasteiger partial charge in [0.1, 0.15) is 11.5 Å². The SMILES string of the molecule is Cc1c(-c2cc(N3C(=O)C4CC5C(=CCC6C(=O)N(CCCCCC(=O)O)C(=O)C65)C(c5cccc(F)c5O)C4(C)C3=O)n(C)n2)sc2ccc(Cl)cc12. The van der Waals surface area contributed by atoms with E-state index in [4.69, 9.17) is 21.8 Å². The predicted octanol–water partition coefficient (Wildman–Crippen LogP) is 6.98. The van der Waals surface area contributed by atoms with Gasteiger partial charge in [-0.15, -0.1) is 11.3 Å². The van der Waals surface area contributed by atoms with Crippen molar-refractivity contribution in [1.29, 1.82) is 0 Å². The van der Waals surface area contributed by atoms with Crippen LogP contribution in [0.3, 0.4) is 0 Å². The van der Waals surface area contributed by atoms with Crippen molar-refractivity contribution in [2.75, 3.05) is 11.4 Å². The molecule has 2 N–H and O–H groups in total. The molecule has 4 aliphatic rings. The average Bonchev–Trinajstić information content (AvgIpc) is 3.80. The van der Waals surface area contributed by atoms with Crippen molar-refractivity contribution in [2.24, 2.45) is 36.1 Å². The first-order valence-corrected chi connectivity index (χ1v) is 19.3. The summed E-state index contributed by atoms with van der Waals surface area (Å²) in [5.74, 6) is -7.92. The number of hydrogen-bond acceptors (Lipinski definition) is 8. The summed E-state index contributed by atoms with van der Waals surface area (Å²) in [7, 11) is 1.66. The highest BCUT2D eigenvalue weighted by atomic mass is 35.5. The van der Waals surface area contributed by atoms with Crippen molar-refractivity contribution in [3.8, 4) is 16.3 Å². The van der Waals surface area contributed by atoms with Crippen molar-refractivity contribution >= 4 is 68.4 Å². The third-order valence-corrected chi connectivity index (χ3v) is 13.7. The van der Waals surface area contributed by atoms with E-state index in [-0.39, 0.29) is 49.0 Å². The van der Waals surface area contributed by atoms with Crippen LogP contribution in [0, 0.1) is 41.8 Å². The van der Waals surface area contributed by atoms with Gasteiger partial charge in [-0.3, -0.25) is 33.6 Å². The van der Waals surface area contributed by atoms with Crippen LogP contribution in [-0.4, -0.2) is 61.0 Å². The lowest BCUT2D eigenvalue weighted by molar-refractivity contribution is -0.141.